The van der Waals surface area contributed by atoms with Crippen molar-refractivity contribution in [2.24, 2.45) is 0 Å². The SMILES string of the molecule is OCCCCNCc1cccc(Br)c1O. The molecule has 1 aromatic rings. The molecule has 0 aliphatic heterocycles. The molecule has 0 aliphatic carbocycles. The smallest absolute Gasteiger partial charge is 0.134 e. The van der Waals surface area contributed by atoms with E-state index in [4.69, 9.17) is 5.11 Å². The standard InChI is InChI=1S/C11H16BrNO2/c12-10-5-3-4-9(11(10)15)8-13-6-1-2-7-14/h3-5,13-15H,1-2,6-8H2. The number of hydrogen-bond donors (Lipinski definition) is 3. The van der Waals surface area contributed by atoms with Crippen LogP contribution in [0.25, 0.3) is 0 Å². The van der Waals surface area contributed by atoms with Crippen molar-refractivity contribution in [2.75, 3.05) is 13.2 Å². The van der Waals surface area contributed by atoms with E-state index in [1.807, 2.05) is 18.2 Å². The zero-order valence-corrected chi connectivity index (χ0v) is 10.1. The van der Waals surface area contributed by atoms with Crippen LogP contribution < -0.4 is 5.32 Å². The maximum absolute atomic E-state index is 9.67. The van der Waals surface area contributed by atoms with Crippen molar-refractivity contribution in [3.8, 4) is 5.75 Å². The summed E-state index contributed by atoms with van der Waals surface area (Å²) in [6, 6.07) is 5.60. The highest BCUT2D eigenvalue weighted by atomic mass is 79.9. The third-order valence-corrected chi connectivity index (χ3v) is 2.79. The minimum atomic E-state index is 0.240. The molecule has 0 radical (unpaired) electrons. The average Bonchev–Trinajstić information content (AvgIpc) is 2.24. The van der Waals surface area contributed by atoms with Gasteiger partial charge in [-0.25, -0.2) is 0 Å². The molecule has 0 heterocycles. The molecule has 1 aromatic carbocycles. The van der Waals surface area contributed by atoms with Crippen molar-refractivity contribution < 1.29 is 10.2 Å². The Morgan fingerprint density at radius 2 is 2.07 bits per heavy atom. The van der Waals surface area contributed by atoms with E-state index in [2.05, 4.69) is 21.2 Å². The second-order valence-electron chi connectivity index (χ2n) is 3.36. The van der Waals surface area contributed by atoms with E-state index in [1.165, 1.54) is 0 Å². The number of hydrogen-bond acceptors (Lipinski definition) is 3. The first-order chi connectivity index (χ1) is 7.25. The molecule has 0 saturated heterocycles. The molecule has 0 aromatic heterocycles. The molecule has 15 heavy (non-hydrogen) atoms. The molecule has 4 heteroatoms. The van der Waals surface area contributed by atoms with E-state index in [1.54, 1.807) is 0 Å². The summed E-state index contributed by atoms with van der Waals surface area (Å²) in [4.78, 5) is 0. The number of para-hydroxylation sites is 1. The summed E-state index contributed by atoms with van der Waals surface area (Å²) in [5, 5.41) is 21.5. The Morgan fingerprint density at radius 1 is 1.27 bits per heavy atom. The van der Waals surface area contributed by atoms with Crippen LogP contribution in [0.2, 0.25) is 0 Å². The Kier molecular flexibility index (Phi) is 5.68. The molecule has 1 rings (SSSR count). The minimum Gasteiger partial charge on any atom is -0.506 e. The number of unbranched alkanes of at least 4 members (excludes halogenated alkanes) is 1. The van der Waals surface area contributed by atoms with E-state index in [0.29, 0.717) is 12.3 Å². The van der Waals surface area contributed by atoms with Crippen LogP contribution in [-0.4, -0.2) is 23.4 Å². The van der Waals surface area contributed by atoms with Crippen molar-refractivity contribution in [3.05, 3.63) is 28.2 Å². The van der Waals surface area contributed by atoms with Crippen LogP contribution in [0.4, 0.5) is 0 Å². The van der Waals surface area contributed by atoms with E-state index >= 15 is 0 Å². The van der Waals surface area contributed by atoms with Crippen LogP contribution in [0.3, 0.4) is 0 Å². The molecule has 3 nitrogen and oxygen atoms in total. The molecule has 0 atom stereocenters. The molecule has 0 spiro atoms. The summed E-state index contributed by atoms with van der Waals surface area (Å²) in [6.07, 6.45) is 1.77. The number of halogens is 1. The zero-order chi connectivity index (χ0) is 11.1. The van der Waals surface area contributed by atoms with Crippen LogP contribution in [0.1, 0.15) is 18.4 Å². The van der Waals surface area contributed by atoms with Gasteiger partial charge >= 0.3 is 0 Å². The van der Waals surface area contributed by atoms with Gasteiger partial charge in [-0.05, 0) is 41.4 Å². The fourth-order valence-electron chi connectivity index (χ4n) is 1.29. The fourth-order valence-corrected chi connectivity index (χ4v) is 1.69. The Hall–Kier alpha value is -0.580. The lowest BCUT2D eigenvalue weighted by atomic mass is 10.2. The van der Waals surface area contributed by atoms with E-state index in [-0.39, 0.29) is 6.61 Å². The number of aromatic hydroxyl groups is 1. The molecular weight excluding hydrogens is 258 g/mol. The van der Waals surface area contributed by atoms with Gasteiger partial charge in [0.25, 0.3) is 0 Å². The Morgan fingerprint density at radius 3 is 2.80 bits per heavy atom. The van der Waals surface area contributed by atoms with E-state index in [0.717, 1.165) is 29.4 Å². The van der Waals surface area contributed by atoms with Gasteiger partial charge in [0.1, 0.15) is 5.75 Å². The highest BCUT2D eigenvalue weighted by Crippen LogP contribution is 2.26. The summed E-state index contributed by atoms with van der Waals surface area (Å²) < 4.78 is 0.720. The van der Waals surface area contributed by atoms with E-state index < -0.39 is 0 Å². The molecule has 0 bridgehead atoms. The number of aliphatic hydroxyl groups excluding tert-OH is 1. The second-order valence-corrected chi connectivity index (χ2v) is 4.21. The van der Waals surface area contributed by atoms with Gasteiger partial charge in [0.05, 0.1) is 4.47 Å². The third kappa shape index (κ3) is 4.20. The molecule has 0 fully saturated rings. The third-order valence-electron chi connectivity index (χ3n) is 2.15. The number of phenols is 1. The van der Waals surface area contributed by atoms with Crippen LogP contribution in [0.5, 0.6) is 5.75 Å². The van der Waals surface area contributed by atoms with Crippen molar-refractivity contribution >= 4 is 15.9 Å². The van der Waals surface area contributed by atoms with Gasteiger partial charge in [0.15, 0.2) is 0 Å². The summed E-state index contributed by atoms with van der Waals surface area (Å²) in [7, 11) is 0. The second kappa shape index (κ2) is 6.82. The molecular formula is C11H16BrNO2. The predicted octanol–water partition coefficient (Wildman–Crippen LogP) is 2.02. The summed E-state index contributed by atoms with van der Waals surface area (Å²) in [5.74, 6) is 0.298. The number of phenolic OH excluding ortho intramolecular Hbond substituents is 1. The van der Waals surface area contributed by atoms with Crippen LogP contribution in [0.15, 0.2) is 22.7 Å². The molecule has 0 amide bonds. The molecule has 0 aliphatic rings. The monoisotopic (exact) mass is 273 g/mol. The maximum atomic E-state index is 9.67. The van der Waals surface area contributed by atoms with Crippen molar-refractivity contribution in [1.82, 2.24) is 5.32 Å². The Bertz CT molecular complexity index is 305. The van der Waals surface area contributed by atoms with Crippen LogP contribution in [0, 0.1) is 0 Å². The predicted molar refractivity (Wildman–Crippen MR) is 63.8 cm³/mol. The quantitative estimate of drug-likeness (QED) is 0.696. The molecule has 3 N–H and O–H groups in total. The van der Waals surface area contributed by atoms with Gasteiger partial charge < -0.3 is 15.5 Å². The van der Waals surface area contributed by atoms with Gasteiger partial charge in [-0.15, -0.1) is 0 Å². The Labute approximate surface area is 98.3 Å². The number of benzene rings is 1. The average molecular weight is 274 g/mol. The van der Waals surface area contributed by atoms with E-state index in [9.17, 15) is 5.11 Å². The maximum Gasteiger partial charge on any atom is 0.134 e. The van der Waals surface area contributed by atoms with Crippen LogP contribution in [-0.2, 0) is 6.54 Å². The first kappa shape index (κ1) is 12.5. The minimum absolute atomic E-state index is 0.240. The molecule has 84 valence electrons. The van der Waals surface area contributed by atoms with Crippen molar-refractivity contribution in [1.29, 1.82) is 0 Å². The van der Waals surface area contributed by atoms with Crippen molar-refractivity contribution in [2.45, 2.75) is 19.4 Å². The topological polar surface area (TPSA) is 52.5 Å². The van der Waals surface area contributed by atoms with Crippen molar-refractivity contribution in [3.63, 3.8) is 0 Å². The first-order valence-electron chi connectivity index (χ1n) is 5.03. The summed E-state index contributed by atoms with van der Waals surface area (Å²) in [5.41, 5.74) is 0.883. The number of nitrogens with one attached hydrogen (secondary N) is 1. The normalized spacial score (nSPS) is 10.5. The van der Waals surface area contributed by atoms with Gasteiger partial charge in [-0.3, -0.25) is 0 Å². The molecule has 0 saturated carbocycles. The first-order valence-corrected chi connectivity index (χ1v) is 5.83. The lowest BCUT2D eigenvalue weighted by Crippen LogP contribution is -2.15. The fraction of sp³-hybridized carbons (Fsp3) is 0.455. The van der Waals surface area contributed by atoms with Crippen LogP contribution >= 0.6 is 15.9 Å². The number of rotatable bonds is 6. The van der Waals surface area contributed by atoms with Gasteiger partial charge in [0, 0.05) is 18.7 Å². The zero-order valence-electron chi connectivity index (χ0n) is 8.54. The largest absolute Gasteiger partial charge is 0.506 e. The number of aliphatic hydroxyl groups is 1. The Balaban J connectivity index is 2.34. The van der Waals surface area contributed by atoms with Gasteiger partial charge in [-0.1, -0.05) is 12.1 Å². The highest BCUT2D eigenvalue weighted by Gasteiger charge is 2.03. The van der Waals surface area contributed by atoms with Gasteiger partial charge in [0.2, 0.25) is 0 Å². The summed E-state index contributed by atoms with van der Waals surface area (Å²) in [6.45, 7) is 1.74. The lowest BCUT2D eigenvalue weighted by Gasteiger charge is -2.07. The highest BCUT2D eigenvalue weighted by molar-refractivity contribution is 9.10. The molecule has 0 unspecified atom stereocenters. The summed E-state index contributed by atoms with van der Waals surface area (Å²) >= 11 is 3.27. The van der Waals surface area contributed by atoms with Gasteiger partial charge in [-0.2, -0.15) is 0 Å². The lowest BCUT2D eigenvalue weighted by molar-refractivity contribution is 0.283.